The molecule has 1 atom stereocenters. The number of nitrogens with one attached hydrogen (secondary N) is 2. The number of sulfonamides is 1. The summed E-state index contributed by atoms with van der Waals surface area (Å²) in [5.41, 5.74) is -0.350. The summed E-state index contributed by atoms with van der Waals surface area (Å²) in [6, 6.07) is 4.82. The van der Waals surface area contributed by atoms with E-state index in [4.69, 9.17) is 11.6 Å². The SMILES string of the molecule is Cc1cc([C@@H](C)NC(=O)c2cnc3cc(C(F)(F)F)c(Cl)cc3c2)c(F)cc1NS(C)(=O)=O. The summed E-state index contributed by atoms with van der Waals surface area (Å²) in [6.45, 7) is 3.11. The molecule has 0 fully saturated rings. The zero-order chi connectivity index (χ0) is 24.7. The lowest BCUT2D eigenvalue weighted by Gasteiger charge is -2.18. The van der Waals surface area contributed by atoms with Gasteiger partial charge in [0.2, 0.25) is 10.0 Å². The molecule has 6 nitrogen and oxygen atoms in total. The summed E-state index contributed by atoms with van der Waals surface area (Å²) in [4.78, 5) is 16.6. The third-order valence-corrected chi connectivity index (χ3v) is 5.69. The fourth-order valence-electron chi connectivity index (χ4n) is 3.19. The average Bonchev–Trinajstić information content (AvgIpc) is 2.67. The van der Waals surface area contributed by atoms with Crippen LogP contribution in [0, 0.1) is 12.7 Å². The molecule has 0 saturated carbocycles. The second kappa shape index (κ2) is 8.79. The molecule has 0 aliphatic carbocycles. The van der Waals surface area contributed by atoms with Crippen molar-refractivity contribution < 1.29 is 30.8 Å². The first-order valence-electron chi connectivity index (χ1n) is 9.41. The Balaban J connectivity index is 1.85. The second-order valence-electron chi connectivity index (χ2n) is 7.50. The van der Waals surface area contributed by atoms with Gasteiger partial charge in [-0.2, -0.15) is 13.2 Å². The monoisotopic (exact) mass is 503 g/mol. The molecule has 0 unspecified atom stereocenters. The molecule has 0 saturated heterocycles. The minimum Gasteiger partial charge on any atom is -0.345 e. The van der Waals surface area contributed by atoms with Crippen LogP contribution >= 0.6 is 11.6 Å². The number of pyridine rings is 1. The van der Waals surface area contributed by atoms with Gasteiger partial charge in [-0.25, -0.2) is 12.8 Å². The highest BCUT2D eigenvalue weighted by Gasteiger charge is 2.33. The largest absolute Gasteiger partial charge is 0.417 e. The summed E-state index contributed by atoms with van der Waals surface area (Å²) in [5.74, 6) is -1.37. The average molecular weight is 504 g/mol. The number of halogens is 5. The quantitative estimate of drug-likeness (QED) is 0.467. The zero-order valence-corrected chi connectivity index (χ0v) is 19.1. The van der Waals surface area contributed by atoms with E-state index in [0.717, 1.165) is 30.7 Å². The van der Waals surface area contributed by atoms with E-state index in [1.807, 2.05) is 0 Å². The van der Waals surface area contributed by atoms with Crippen molar-refractivity contribution in [1.29, 1.82) is 0 Å². The van der Waals surface area contributed by atoms with Gasteiger partial charge in [-0.3, -0.25) is 14.5 Å². The molecule has 2 aromatic carbocycles. The number of carbonyl (C=O) groups is 1. The van der Waals surface area contributed by atoms with E-state index >= 15 is 0 Å². The summed E-state index contributed by atoms with van der Waals surface area (Å²) in [6.07, 6.45) is -2.60. The topological polar surface area (TPSA) is 88.2 Å². The minimum absolute atomic E-state index is 0.00644. The third-order valence-electron chi connectivity index (χ3n) is 4.79. The Hall–Kier alpha value is -2.92. The molecule has 0 aliphatic heterocycles. The van der Waals surface area contributed by atoms with E-state index in [0.29, 0.717) is 5.56 Å². The van der Waals surface area contributed by atoms with Crippen molar-refractivity contribution in [1.82, 2.24) is 10.3 Å². The molecule has 0 spiro atoms. The molecule has 0 radical (unpaired) electrons. The van der Waals surface area contributed by atoms with Gasteiger partial charge in [0.1, 0.15) is 5.82 Å². The van der Waals surface area contributed by atoms with E-state index in [2.05, 4.69) is 15.0 Å². The number of amides is 1. The van der Waals surface area contributed by atoms with Gasteiger partial charge in [0.15, 0.2) is 0 Å². The summed E-state index contributed by atoms with van der Waals surface area (Å²) < 4.78 is 78.7. The van der Waals surface area contributed by atoms with Crippen LogP contribution in [-0.2, 0) is 16.2 Å². The number of aryl methyl sites for hydroxylation is 1. The molecule has 0 bridgehead atoms. The van der Waals surface area contributed by atoms with Crippen molar-refractivity contribution in [3.05, 3.63) is 69.6 Å². The number of benzene rings is 2. The standard InChI is InChI=1S/C21H18ClF4N3O3S/c1-10-4-14(17(23)8-18(10)29-33(3,31)32)11(2)28-20(30)13-5-12-6-16(22)15(21(24,25)26)7-19(12)27-9-13/h4-9,11,29H,1-3H3,(H,28,30)/t11-/m1/s1. The highest BCUT2D eigenvalue weighted by Crippen LogP contribution is 2.36. The van der Waals surface area contributed by atoms with Crippen LogP contribution in [0.4, 0.5) is 23.2 Å². The van der Waals surface area contributed by atoms with E-state index in [1.54, 1.807) is 6.92 Å². The van der Waals surface area contributed by atoms with Crippen molar-refractivity contribution in [2.45, 2.75) is 26.1 Å². The predicted octanol–water partition coefficient (Wildman–Crippen LogP) is 5.22. The number of carbonyl (C=O) groups excluding carboxylic acids is 1. The Morgan fingerprint density at radius 1 is 1.15 bits per heavy atom. The van der Waals surface area contributed by atoms with Crippen LogP contribution in [0.3, 0.4) is 0 Å². The Kier molecular flexibility index (Phi) is 6.58. The second-order valence-corrected chi connectivity index (χ2v) is 9.66. The zero-order valence-electron chi connectivity index (χ0n) is 17.5. The fraction of sp³-hybridized carbons (Fsp3) is 0.238. The first kappa shape index (κ1) is 24.7. The first-order valence-corrected chi connectivity index (χ1v) is 11.7. The molecular formula is C21H18ClF4N3O3S. The lowest BCUT2D eigenvalue weighted by atomic mass is 10.0. The van der Waals surface area contributed by atoms with Crippen molar-refractivity contribution in [2.75, 3.05) is 11.0 Å². The van der Waals surface area contributed by atoms with Crippen LogP contribution < -0.4 is 10.0 Å². The molecule has 1 heterocycles. The molecule has 1 aromatic heterocycles. The normalized spacial score (nSPS) is 13.1. The van der Waals surface area contributed by atoms with E-state index in [1.165, 1.54) is 19.1 Å². The smallest absolute Gasteiger partial charge is 0.345 e. The number of aromatic nitrogens is 1. The Bertz CT molecular complexity index is 1360. The van der Waals surface area contributed by atoms with Crippen LogP contribution in [0.5, 0.6) is 0 Å². The van der Waals surface area contributed by atoms with E-state index in [-0.39, 0.29) is 27.7 Å². The minimum atomic E-state index is -4.65. The van der Waals surface area contributed by atoms with Gasteiger partial charge >= 0.3 is 6.18 Å². The lowest BCUT2D eigenvalue weighted by Crippen LogP contribution is -2.27. The van der Waals surface area contributed by atoms with Gasteiger partial charge in [-0.05, 0) is 49.7 Å². The highest BCUT2D eigenvalue weighted by molar-refractivity contribution is 7.92. The van der Waals surface area contributed by atoms with Gasteiger partial charge in [-0.1, -0.05) is 11.6 Å². The van der Waals surface area contributed by atoms with Crippen molar-refractivity contribution in [2.24, 2.45) is 0 Å². The predicted molar refractivity (Wildman–Crippen MR) is 117 cm³/mol. The Morgan fingerprint density at radius 2 is 1.82 bits per heavy atom. The number of fused-ring (bicyclic) bond motifs is 1. The number of rotatable bonds is 5. The number of alkyl halides is 3. The Morgan fingerprint density at radius 3 is 2.42 bits per heavy atom. The molecule has 0 aliphatic rings. The van der Waals surface area contributed by atoms with E-state index < -0.39 is 44.6 Å². The summed E-state index contributed by atoms with van der Waals surface area (Å²) in [5, 5.41) is 2.30. The van der Waals surface area contributed by atoms with Crippen molar-refractivity contribution in [3.8, 4) is 0 Å². The first-order chi connectivity index (χ1) is 15.2. The summed E-state index contributed by atoms with van der Waals surface area (Å²) in [7, 11) is -3.60. The molecule has 176 valence electrons. The van der Waals surface area contributed by atoms with Gasteiger partial charge < -0.3 is 5.32 Å². The van der Waals surface area contributed by atoms with Crippen LogP contribution in [0.1, 0.15) is 40.0 Å². The van der Waals surface area contributed by atoms with Gasteiger partial charge in [0, 0.05) is 17.1 Å². The lowest BCUT2D eigenvalue weighted by molar-refractivity contribution is -0.137. The van der Waals surface area contributed by atoms with Gasteiger partial charge in [0.05, 0.1) is 39.7 Å². The molecule has 3 rings (SSSR count). The number of nitrogens with zero attached hydrogens (tertiary/aromatic N) is 1. The van der Waals surface area contributed by atoms with Crippen LogP contribution in [0.15, 0.2) is 36.5 Å². The maximum atomic E-state index is 14.6. The molecule has 33 heavy (non-hydrogen) atoms. The van der Waals surface area contributed by atoms with Crippen LogP contribution in [0.25, 0.3) is 10.9 Å². The maximum Gasteiger partial charge on any atom is 0.417 e. The maximum absolute atomic E-state index is 14.6. The van der Waals surface area contributed by atoms with Crippen LogP contribution in [-0.4, -0.2) is 25.6 Å². The third kappa shape index (κ3) is 5.72. The van der Waals surface area contributed by atoms with Gasteiger partial charge in [0.25, 0.3) is 5.91 Å². The molecule has 3 aromatic rings. The fourth-order valence-corrected chi connectivity index (χ4v) is 4.09. The molecular weight excluding hydrogens is 486 g/mol. The number of hydrogen-bond donors (Lipinski definition) is 2. The molecule has 1 amide bonds. The molecule has 12 heteroatoms. The highest BCUT2D eigenvalue weighted by atomic mass is 35.5. The summed E-state index contributed by atoms with van der Waals surface area (Å²) >= 11 is 5.74. The number of anilines is 1. The van der Waals surface area contributed by atoms with Crippen LogP contribution in [0.2, 0.25) is 5.02 Å². The van der Waals surface area contributed by atoms with E-state index in [9.17, 15) is 30.8 Å². The van der Waals surface area contributed by atoms with Crippen molar-refractivity contribution in [3.63, 3.8) is 0 Å². The van der Waals surface area contributed by atoms with Gasteiger partial charge in [-0.15, -0.1) is 0 Å². The number of hydrogen-bond acceptors (Lipinski definition) is 4. The molecule has 2 N–H and O–H groups in total. The van der Waals surface area contributed by atoms with Crippen molar-refractivity contribution >= 4 is 44.1 Å². The Labute approximate surface area is 192 Å².